The molecule has 12 heavy (non-hydrogen) atoms. The van der Waals surface area contributed by atoms with Crippen molar-refractivity contribution in [2.24, 2.45) is 0 Å². The summed E-state index contributed by atoms with van der Waals surface area (Å²) in [7, 11) is 0. The monoisotopic (exact) mass is 388 g/mol. The standard InChI is InChI=1S/C8H6I2O2/c9-5-8(11)12-7-3-1-2-6(10)4-7/h1-4H,5H2. The third kappa shape index (κ3) is 3.26. The highest BCUT2D eigenvalue weighted by Gasteiger charge is 2.01. The highest BCUT2D eigenvalue weighted by Crippen LogP contribution is 2.14. The Morgan fingerprint density at radius 1 is 1.50 bits per heavy atom. The summed E-state index contributed by atoms with van der Waals surface area (Å²) in [4.78, 5) is 10.9. The molecule has 1 aromatic rings. The minimum absolute atomic E-state index is 0.211. The minimum Gasteiger partial charge on any atom is -0.426 e. The first-order chi connectivity index (χ1) is 5.72. The lowest BCUT2D eigenvalue weighted by molar-refractivity contribution is -0.131. The van der Waals surface area contributed by atoms with E-state index in [4.69, 9.17) is 4.74 Å². The van der Waals surface area contributed by atoms with Gasteiger partial charge in [0.15, 0.2) is 0 Å². The highest BCUT2D eigenvalue weighted by atomic mass is 127. The van der Waals surface area contributed by atoms with Gasteiger partial charge in [-0.2, -0.15) is 0 Å². The smallest absolute Gasteiger partial charge is 0.321 e. The predicted molar refractivity (Wildman–Crippen MR) is 63.7 cm³/mol. The Balaban J connectivity index is 2.69. The molecule has 0 aliphatic rings. The summed E-state index contributed by atoms with van der Waals surface area (Å²) in [5, 5.41) is 0. The zero-order chi connectivity index (χ0) is 8.97. The van der Waals surface area contributed by atoms with Gasteiger partial charge in [0.1, 0.15) is 5.75 Å². The SMILES string of the molecule is O=C(CI)Oc1cccc(I)c1. The van der Waals surface area contributed by atoms with Crippen molar-refractivity contribution in [1.82, 2.24) is 0 Å². The second-order valence-electron chi connectivity index (χ2n) is 2.07. The lowest BCUT2D eigenvalue weighted by Gasteiger charge is -2.01. The molecular weight excluding hydrogens is 382 g/mol. The maximum Gasteiger partial charge on any atom is 0.321 e. The van der Waals surface area contributed by atoms with E-state index in [0.29, 0.717) is 10.2 Å². The average molecular weight is 388 g/mol. The van der Waals surface area contributed by atoms with Gasteiger partial charge in [-0.15, -0.1) is 0 Å². The topological polar surface area (TPSA) is 26.3 Å². The number of alkyl halides is 1. The molecular formula is C8H6I2O2. The van der Waals surface area contributed by atoms with Gasteiger partial charge in [-0.25, -0.2) is 0 Å². The average Bonchev–Trinajstić information content (AvgIpc) is 2.04. The van der Waals surface area contributed by atoms with Crippen molar-refractivity contribution in [3.8, 4) is 5.75 Å². The Bertz CT molecular complexity index is 286. The number of carbonyl (C=O) groups is 1. The van der Waals surface area contributed by atoms with E-state index in [9.17, 15) is 4.79 Å². The van der Waals surface area contributed by atoms with E-state index in [0.717, 1.165) is 3.57 Å². The van der Waals surface area contributed by atoms with Gasteiger partial charge < -0.3 is 4.74 Å². The second kappa shape index (κ2) is 5.00. The summed E-state index contributed by atoms with van der Waals surface area (Å²) in [5.74, 6) is 0.404. The van der Waals surface area contributed by atoms with E-state index in [1.165, 1.54) is 0 Å². The minimum atomic E-state index is -0.211. The van der Waals surface area contributed by atoms with E-state index in [1.54, 1.807) is 6.07 Å². The van der Waals surface area contributed by atoms with Crippen LogP contribution in [0.4, 0.5) is 0 Å². The summed E-state index contributed by atoms with van der Waals surface area (Å²) in [5.41, 5.74) is 0. The first-order valence-electron chi connectivity index (χ1n) is 3.24. The lowest BCUT2D eigenvalue weighted by Crippen LogP contribution is -2.08. The molecule has 0 N–H and O–H groups in total. The molecule has 0 heterocycles. The predicted octanol–water partition coefficient (Wildman–Crippen LogP) is 2.63. The Hall–Kier alpha value is 0.150. The summed E-state index contributed by atoms with van der Waals surface area (Å²) in [6.45, 7) is 0. The van der Waals surface area contributed by atoms with E-state index < -0.39 is 0 Å². The molecule has 0 amide bonds. The molecule has 0 bridgehead atoms. The van der Waals surface area contributed by atoms with Crippen LogP contribution >= 0.6 is 45.2 Å². The summed E-state index contributed by atoms with van der Waals surface area (Å²) in [6, 6.07) is 7.40. The molecule has 0 fully saturated rings. The Kier molecular flexibility index (Phi) is 4.27. The van der Waals surface area contributed by atoms with Gasteiger partial charge >= 0.3 is 5.97 Å². The molecule has 0 saturated carbocycles. The third-order valence-electron chi connectivity index (χ3n) is 1.14. The molecule has 0 aliphatic carbocycles. The second-order valence-corrected chi connectivity index (χ2v) is 4.07. The molecule has 0 radical (unpaired) electrons. The van der Waals surface area contributed by atoms with Crippen molar-refractivity contribution in [3.63, 3.8) is 0 Å². The fourth-order valence-electron chi connectivity index (χ4n) is 0.689. The van der Waals surface area contributed by atoms with Crippen LogP contribution in [0.15, 0.2) is 24.3 Å². The molecule has 0 aromatic heterocycles. The van der Waals surface area contributed by atoms with Crippen molar-refractivity contribution in [2.45, 2.75) is 0 Å². The van der Waals surface area contributed by atoms with Crippen molar-refractivity contribution in [3.05, 3.63) is 27.8 Å². The molecule has 0 atom stereocenters. The van der Waals surface area contributed by atoms with Crippen LogP contribution < -0.4 is 4.74 Å². The van der Waals surface area contributed by atoms with Crippen LogP contribution in [0.5, 0.6) is 5.75 Å². The first-order valence-corrected chi connectivity index (χ1v) is 5.85. The van der Waals surface area contributed by atoms with Gasteiger partial charge in [-0.05, 0) is 40.8 Å². The molecule has 64 valence electrons. The summed E-state index contributed by atoms with van der Waals surface area (Å²) in [6.07, 6.45) is 0. The quantitative estimate of drug-likeness (QED) is 0.337. The van der Waals surface area contributed by atoms with Gasteiger partial charge in [0.2, 0.25) is 0 Å². The lowest BCUT2D eigenvalue weighted by atomic mass is 10.3. The van der Waals surface area contributed by atoms with Crippen LogP contribution in [0.25, 0.3) is 0 Å². The third-order valence-corrected chi connectivity index (χ3v) is 2.43. The Morgan fingerprint density at radius 3 is 2.83 bits per heavy atom. The molecule has 2 nitrogen and oxygen atoms in total. The van der Waals surface area contributed by atoms with Gasteiger partial charge in [-0.3, -0.25) is 4.79 Å². The molecule has 0 saturated heterocycles. The van der Waals surface area contributed by atoms with Crippen LogP contribution in [0.3, 0.4) is 0 Å². The van der Waals surface area contributed by atoms with E-state index in [2.05, 4.69) is 22.6 Å². The zero-order valence-electron chi connectivity index (χ0n) is 6.09. The van der Waals surface area contributed by atoms with Gasteiger partial charge in [0.05, 0.1) is 4.43 Å². The number of ether oxygens (including phenoxy) is 1. The van der Waals surface area contributed by atoms with E-state index in [-0.39, 0.29) is 5.97 Å². The van der Waals surface area contributed by atoms with Crippen LogP contribution in [0.1, 0.15) is 0 Å². The van der Waals surface area contributed by atoms with Gasteiger partial charge in [0.25, 0.3) is 0 Å². The van der Waals surface area contributed by atoms with Crippen molar-refractivity contribution in [1.29, 1.82) is 0 Å². The Morgan fingerprint density at radius 2 is 2.25 bits per heavy atom. The number of carbonyl (C=O) groups excluding carboxylic acids is 1. The number of benzene rings is 1. The molecule has 0 spiro atoms. The van der Waals surface area contributed by atoms with Crippen LogP contribution in [-0.4, -0.2) is 10.4 Å². The Labute approximate surface area is 98.0 Å². The largest absolute Gasteiger partial charge is 0.426 e. The molecule has 0 unspecified atom stereocenters. The first kappa shape index (κ1) is 10.2. The van der Waals surface area contributed by atoms with Gasteiger partial charge in [0, 0.05) is 3.57 Å². The fraction of sp³-hybridized carbons (Fsp3) is 0.125. The number of hydrogen-bond acceptors (Lipinski definition) is 2. The van der Waals surface area contributed by atoms with Crippen molar-refractivity contribution >= 4 is 51.2 Å². The van der Waals surface area contributed by atoms with Crippen LogP contribution in [-0.2, 0) is 4.79 Å². The van der Waals surface area contributed by atoms with Crippen molar-refractivity contribution in [2.75, 3.05) is 4.43 Å². The van der Waals surface area contributed by atoms with Crippen LogP contribution in [0, 0.1) is 3.57 Å². The van der Waals surface area contributed by atoms with Crippen LogP contribution in [0.2, 0.25) is 0 Å². The highest BCUT2D eigenvalue weighted by molar-refractivity contribution is 14.1. The number of rotatable bonds is 2. The maximum atomic E-state index is 10.9. The van der Waals surface area contributed by atoms with E-state index in [1.807, 2.05) is 40.8 Å². The molecule has 4 heteroatoms. The summed E-state index contributed by atoms with van der Waals surface area (Å²) >= 11 is 4.14. The zero-order valence-corrected chi connectivity index (χ0v) is 10.4. The molecule has 1 aromatic carbocycles. The molecule has 0 aliphatic heterocycles. The van der Waals surface area contributed by atoms with E-state index >= 15 is 0 Å². The number of esters is 1. The normalized spacial score (nSPS) is 9.50. The van der Waals surface area contributed by atoms with Gasteiger partial charge in [-0.1, -0.05) is 28.7 Å². The maximum absolute atomic E-state index is 10.9. The molecule has 1 rings (SSSR count). The summed E-state index contributed by atoms with van der Waals surface area (Å²) < 4.78 is 6.43. The fourth-order valence-corrected chi connectivity index (χ4v) is 1.36. The number of hydrogen-bond donors (Lipinski definition) is 0. The number of halogens is 2. The van der Waals surface area contributed by atoms with Crippen molar-refractivity contribution < 1.29 is 9.53 Å².